The van der Waals surface area contributed by atoms with E-state index in [9.17, 15) is 4.79 Å². The first-order chi connectivity index (χ1) is 10.9. The summed E-state index contributed by atoms with van der Waals surface area (Å²) in [5, 5.41) is 0.898. The SMILES string of the molecule is C[C@H](Oc1nc(SC(=O)N2CCCC2)ns1)[C@H]1COC(C)(C)O1. The third-order valence-corrected chi connectivity index (χ3v) is 5.29. The molecule has 0 N–H and O–H groups in total. The quantitative estimate of drug-likeness (QED) is 0.765. The van der Waals surface area contributed by atoms with Crippen LogP contribution in [0.4, 0.5) is 4.79 Å². The molecule has 128 valence electrons. The van der Waals surface area contributed by atoms with Crippen LogP contribution < -0.4 is 4.74 Å². The highest BCUT2D eigenvalue weighted by Gasteiger charge is 2.37. The number of aromatic nitrogens is 2. The van der Waals surface area contributed by atoms with Gasteiger partial charge in [0.1, 0.15) is 12.2 Å². The van der Waals surface area contributed by atoms with Crippen molar-refractivity contribution in [1.82, 2.24) is 14.3 Å². The first kappa shape index (κ1) is 16.9. The molecule has 2 atom stereocenters. The molecular formula is C14H21N3O4S2. The fourth-order valence-corrected chi connectivity index (χ4v) is 3.94. The van der Waals surface area contributed by atoms with Gasteiger partial charge in [-0.15, -0.1) is 0 Å². The summed E-state index contributed by atoms with van der Waals surface area (Å²) in [7, 11) is 0. The zero-order valence-corrected chi connectivity index (χ0v) is 15.1. The molecule has 2 aliphatic rings. The van der Waals surface area contributed by atoms with Gasteiger partial charge < -0.3 is 19.1 Å². The maximum absolute atomic E-state index is 12.1. The van der Waals surface area contributed by atoms with Gasteiger partial charge in [0.15, 0.2) is 5.79 Å². The summed E-state index contributed by atoms with van der Waals surface area (Å²) < 4.78 is 21.3. The van der Waals surface area contributed by atoms with Crippen LogP contribution in [0.5, 0.6) is 5.19 Å². The van der Waals surface area contributed by atoms with Gasteiger partial charge in [-0.3, -0.25) is 4.79 Å². The molecule has 1 aromatic heterocycles. The van der Waals surface area contributed by atoms with Crippen LogP contribution in [0.2, 0.25) is 0 Å². The third-order valence-electron chi connectivity index (χ3n) is 3.77. The molecule has 2 fully saturated rings. The zero-order chi connectivity index (χ0) is 16.4. The molecule has 0 radical (unpaired) electrons. The Morgan fingerprint density at radius 3 is 2.87 bits per heavy atom. The first-order valence-corrected chi connectivity index (χ1v) is 9.31. The van der Waals surface area contributed by atoms with Crippen LogP contribution in [-0.4, -0.2) is 57.2 Å². The summed E-state index contributed by atoms with van der Waals surface area (Å²) in [4.78, 5) is 18.2. The molecule has 2 aliphatic heterocycles. The normalized spacial score (nSPS) is 24.8. The highest BCUT2D eigenvalue weighted by Crippen LogP contribution is 2.29. The van der Waals surface area contributed by atoms with Gasteiger partial charge in [-0.05, 0) is 33.6 Å². The minimum atomic E-state index is -0.577. The van der Waals surface area contributed by atoms with E-state index in [-0.39, 0.29) is 17.4 Å². The van der Waals surface area contributed by atoms with Crippen molar-refractivity contribution >= 4 is 28.5 Å². The van der Waals surface area contributed by atoms with E-state index in [2.05, 4.69) is 9.36 Å². The number of hydrogen-bond donors (Lipinski definition) is 0. The van der Waals surface area contributed by atoms with Crippen molar-refractivity contribution in [2.75, 3.05) is 19.7 Å². The molecule has 1 amide bonds. The van der Waals surface area contributed by atoms with Crippen molar-refractivity contribution in [3.05, 3.63) is 0 Å². The summed E-state index contributed by atoms with van der Waals surface area (Å²) in [5.41, 5.74) is 0. The van der Waals surface area contributed by atoms with Gasteiger partial charge in [0.25, 0.3) is 10.4 Å². The summed E-state index contributed by atoms with van der Waals surface area (Å²) >= 11 is 2.21. The largest absolute Gasteiger partial charge is 0.463 e. The zero-order valence-electron chi connectivity index (χ0n) is 13.5. The van der Waals surface area contributed by atoms with Crippen LogP contribution >= 0.6 is 23.3 Å². The van der Waals surface area contributed by atoms with Crippen LogP contribution in [0.15, 0.2) is 5.16 Å². The molecule has 23 heavy (non-hydrogen) atoms. The Morgan fingerprint density at radius 1 is 1.48 bits per heavy atom. The van der Waals surface area contributed by atoms with E-state index in [1.807, 2.05) is 25.7 Å². The highest BCUT2D eigenvalue weighted by molar-refractivity contribution is 8.13. The van der Waals surface area contributed by atoms with E-state index in [1.54, 1.807) is 0 Å². The Morgan fingerprint density at radius 2 is 2.22 bits per heavy atom. The lowest BCUT2D eigenvalue weighted by Gasteiger charge is -2.20. The molecule has 2 saturated heterocycles. The van der Waals surface area contributed by atoms with E-state index in [0.717, 1.165) is 49.2 Å². The monoisotopic (exact) mass is 359 g/mol. The molecule has 7 nitrogen and oxygen atoms in total. The van der Waals surface area contributed by atoms with Gasteiger partial charge in [0.05, 0.1) is 6.61 Å². The summed E-state index contributed by atoms with van der Waals surface area (Å²) in [6.45, 7) is 7.81. The van der Waals surface area contributed by atoms with E-state index < -0.39 is 5.79 Å². The second kappa shape index (κ2) is 6.92. The minimum Gasteiger partial charge on any atom is -0.463 e. The molecule has 3 heterocycles. The Hall–Kier alpha value is -0.900. The first-order valence-electron chi connectivity index (χ1n) is 7.72. The van der Waals surface area contributed by atoms with E-state index in [1.165, 1.54) is 0 Å². The lowest BCUT2D eigenvalue weighted by Crippen LogP contribution is -2.32. The minimum absolute atomic E-state index is 0.00849. The lowest BCUT2D eigenvalue weighted by atomic mass is 10.2. The summed E-state index contributed by atoms with van der Waals surface area (Å²) in [6.07, 6.45) is 1.80. The van der Waals surface area contributed by atoms with E-state index in [0.29, 0.717) is 17.0 Å². The molecule has 1 aromatic rings. The van der Waals surface area contributed by atoms with E-state index >= 15 is 0 Å². The predicted octanol–water partition coefficient (Wildman–Crippen LogP) is 2.76. The number of carbonyl (C=O) groups is 1. The van der Waals surface area contributed by atoms with Crippen molar-refractivity contribution in [3.8, 4) is 5.19 Å². The van der Waals surface area contributed by atoms with Crippen LogP contribution in [0.3, 0.4) is 0 Å². The van der Waals surface area contributed by atoms with E-state index in [4.69, 9.17) is 14.2 Å². The molecule has 0 aliphatic carbocycles. The molecule has 3 rings (SSSR count). The Kier molecular flexibility index (Phi) is 5.10. The second-order valence-electron chi connectivity index (χ2n) is 6.10. The van der Waals surface area contributed by atoms with Gasteiger partial charge in [-0.25, -0.2) is 0 Å². The Labute approximate surface area is 143 Å². The number of amides is 1. The van der Waals surface area contributed by atoms with Gasteiger partial charge in [0, 0.05) is 36.4 Å². The Bertz CT molecular complexity index is 560. The highest BCUT2D eigenvalue weighted by atomic mass is 32.2. The predicted molar refractivity (Wildman–Crippen MR) is 87.0 cm³/mol. The molecular weight excluding hydrogens is 338 g/mol. The third kappa shape index (κ3) is 4.34. The van der Waals surface area contributed by atoms with Crippen molar-refractivity contribution in [3.63, 3.8) is 0 Å². The molecule has 0 spiro atoms. The van der Waals surface area contributed by atoms with Crippen LogP contribution in [-0.2, 0) is 9.47 Å². The van der Waals surface area contributed by atoms with Gasteiger partial charge in [-0.2, -0.15) is 9.36 Å². The van der Waals surface area contributed by atoms with Crippen LogP contribution in [0.25, 0.3) is 0 Å². The van der Waals surface area contributed by atoms with Crippen LogP contribution in [0.1, 0.15) is 33.6 Å². The molecule has 0 unspecified atom stereocenters. The number of nitrogens with zero attached hydrogens (tertiary/aromatic N) is 3. The fraction of sp³-hybridized carbons (Fsp3) is 0.786. The number of hydrogen-bond acceptors (Lipinski definition) is 8. The molecule has 0 saturated carbocycles. The average molecular weight is 359 g/mol. The number of thioether (sulfide) groups is 1. The second-order valence-corrected chi connectivity index (χ2v) is 7.73. The smallest absolute Gasteiger partial charge is 0.294 e. The van der Waals surface area contributed by atoms with Crippen molar-refractivity contribution in [2.45, 2.75) is 56.8 Å². The Balaban J connectivity index is 1.52. The van der Waals surface area contributed by atoms with Crippen molar-refractivity contribution < 1.29 is 19.0 Å². The molecule has 9 heteroatoms. The summed E-state index contributed by atoms with van der Waals surface area (Å²) in [6, 6.07) is 0. The number of carbonyl (C=O) groups excluding carboxylic acids is 1. The topological polar surface area (TPSA) is 73.8 Å². The molecule has 0 aromatic carbocycles. The van der Waals surface area contributed by atoms with Crippen LogP contribution in [0, 0.1) is 0 Å². The maximum atomic E-state index is 12.1. The number of rotatable bonds is 4. The van der Waals surface area contributed by atoms with Gasteiger partial charge in [-0.1, -0.05) is 0 Å². The standard InChI is InChI=1S/C14H21N3O4S2/c1-9(10-8-19-14(2,3)21-10)20-12-15-11(16-23-12)22-13(18)17-6-4-5-7-17/h9-10H,4-8H2,1-3H3/t9-,10+/m0/s1. The van der Waals surface area contributed by atoms with Crippen molar-refractivity contribution in [1.29, 1.82) is 0 Å². The van der Waals surface area contributed by atoms with Crippen molar-refractivity contribution in [2.24, 2.45) is 0 Å². The van der Waals surface area contributed by atoms with Gasteiger partial charge >= 0.3 is 0 Å². The molecule has 0 bridgehead atoms. The number of ether oxygens (including phenoxy) is 3. The fourth-order valence-electron chi connectivity index (χ4n) is 2.51. The number of likely N-dealkylation sites (tertiary alicyclic amines) is 1. The lowest BCUT2D eigenvalue weighted by molar-refractivity contribution is -0.147. The van der Waals surface area contributed by atoms with Gasteiger partial charge in [0.2, 0.25) is 5.16 Å². The maximum Gasteiger partial charge on any atom is 0.294 e. The summed E-state index contributed by atoms with van der Waals surface area (Å²) in [5.74, 6) is -0.577. The average Bonchev–Trinajstić information content (AvgIpc) is 3.19.